The molecule has 0 aliphatic heterocycles. The van der Waals surface area contributed by atoms with Gasteiger partial charge in [0.15, 0.2) is 0 Å². The molecule has 0 fully saturated rings. The fourth-order valence-electron chi connectivity index (χ4n) is 1.03. The van der Waals surface area contributed by atoms with Gasteiger partial charge in [0.1, 0.15) is 0 Å². The van der Waals surface area contributed by atoms with Crippen LogP contribution in [-0.4, -0.2) is 4.99 Å². The van der Waals surface area contributed by atoms with Crippen LogP contribution in [0.2, 0.25) is 0 Å². The molecule has 0 aromatic carbocycles. The van der Waals surface area contributed by atoms with Gasteiger partial charge in [-0.2, -0.15) is 0 Å². The molecule has 0 saturated heterocycles. The third kappa shape index (κ3) is 2.16. The number of nitrogens with two attached hydrogens (primary N) is 1. The molecule has 0 amide bonds. The standard InChI is InChI=1S/C9H11NS2/c1-2-4-7(9(10)11)8-5-3-6-12-8/h2-3,5-7H,1,4H2,(H2,10,11). The molecular formula is C9H11NS2. The first-order valence-corrected chi connectivity index (χ1v) is 4.98. The van der Waals surface area contributed by atoms with E-state index in [1.165, 1.54) is 4.88 Å². The van der Waals surface area contributed by atoms with E-state index >= 15 is 0 Å². The largest absolute Gasteiger partial charge is 0.393 e. The molecule has 64 valence electrons. The SMILES string of the molecule is C=CCC(C(N)=S)c1cccs1. The summed E-state index contributed by atoms with van der Waals surface area (Å²) in [6.45, 7) is 3.68. The Kier molecular flexibility index (Phi) is 3.44. The van der Waals surface area contributed by atoms with Crippen molar-refractivity contribution < 1.29 is 0 Å². The highest BCUT2D eigenvalue weighted by atomic mass is 32.1. The molecular weight excluding hydrogens is 186 g/mol. The molecule has 0 saturated carbocycles. The van der Waals surface area contributed by atoms with Crippen molar-refractivity contribution >= 4 is 28.5 Å². The van der Waals surface area contributed by atoms with Gasteiger partial charge in [0.05, 0.1) is 4.99 Å². The molecule has 1 aromatic rings. The van der Waals surface area contributed by atoms with Crippen LogP contribution < -0.4 is 5.73 Å². The Morgan fingerprint density at radius 3 is 3.00 bits per heavy atom. The summed E-state index contributed by atoms with van der Waals surface area (Å²) in [4.78, 5) is 1.78. The maximum Gasteiger partial charge on any atom is 0.0814 e. The van der Waals surface area contributed by atoms with Crippen LogP contribution >= 0.6 is 23.6 Å². The van der Waals surface area contributed by atoms with Crippen LogP contribution in [0.5, 0.6) is 0 Å². The van der Waals surface area contributed by atoms with Gasteiger partial charge in [-0.3, -0.25) is 0 Å². The molecule has 0 radical (unpaired) electrons. The Balaban J connectivity index is 2.80. The zero-order valence-electron chi connectivity index (χ0n) is 6.69. The zero-order chi connectivity index (χ0) is 8.97. The van der Waals surface area contributed by atoms with Gasteiger partial charge < -0.3 is 5.73 Å². The van der Waals surface area contributed by atoms with Crippen molar-refractivity contribution in [3.63, 3.8) is 0 Å². The van der Waals surface area contributed by atoms with Crippen LogP contribution in [0.4, 0.5) is 0 Å². The van der Waals surface area contributed by atoms with Gasteiger partial charge >= 0.3 is 0 Å². The summed E-state index contributed by atoms with van der Waals surface area (Å²) in [5.74, 6) is 0.178. The lowest BCUT2D eigenvalue weighted by atomic mass is 10.0. The summed E-state index contributed by atoms with van der Waals surface area (Å²) in [7, 11) is 0. The predicted molar refractivity (Wildman–Crippen MR) is 58.7 cm³/mol. The minimum Gasteiger partial charge on any atom is -0.393 e. The number of thiophene rings is 1. The van der Waals surface area contributed by atoms with Crippen molar-refractivity contribution in [1.82, 2.24) is 0 Å². The van der Waals surface area contributed by atoms with E-state index in [1.807, 2.05) is 17.5 Å². The summed E-state index contributed by atoms with van der Waals surface area (Å²) in [6, 6.07) is 4.06. The molecule has 1 aromatic heterocycles. The predicted octanol–water partition coefficient (Wildman–Crippen LogP) is 2.69. The van der Waals surface area contributed by atoms with Crippen molar-refractivity contribution in [3.05, 3.63) is 35.0 Å². The highest BCUT2D eigenvalue weighted by Crippen LogP contribution is 2.24. The van der Waals surface area contributed by atoms with Gasteiger partial charge in [0.2, 0.25) is 0 Å². The molecule has 1 heterocycles. The molecule has 1 unspecified atom stereocenters. The molecule has 0 aliphatic carbocycles. The minimum absolute atomic E-state index is 0.178. The van der Waals surface area contributed by atoms with E-state index in [1.54, 1.807) is 11.3 Å². The molecule has 0 bridgehead atoms. The highest BCUT2D eigenvalue weighted by Gasteiger charge is 2.13. The Labute approximate surface area is 81.9 Å². The van der Waals surface area contributed by atoms with Crippen LogP contribution in [0.1, 0.15) is 17.2 Å². The molecule has 0 spiro atoms. The fraction of sp³-hybridized carbons (Fsp3) is 0.222. The van der Waals surface area contributed by atoms with Crippen molar-refractivity contribution in [3.8, 4) is 0 Å². The summed E-state index contributed by atoms with van der Waals surface area (Å²) in [6.07, 6.45) is 2.68. The van der Waals surface area contributed by atoms with Gasteiger partial charge in [-0.05, 0) is 17.9 Å². The lowest BCUT2D eigenvalue weighted by Crippen LogP contribution is -2.17. The number of allylic oxidation sites excluding steroid dienone is 1. The second-order valence-corrected chi connectivity index (χ2v) is 3.95. The maximum atomic E-state index is 5.60. The molecule has 0 aliphatic rings. The summed E-state index contributed by atoms with van der Waals surface area (Å²) in [5.41, 5.74) is 5.60. The third-order valence-corrected chi connectivity index (χ3v) is 2.90. The Bertz CT molecular complexity index is 264. The smallest absolute Gasteiger partial charge is 0.0814 e. The number of thiocarbonyl (C=S) groups is 1. The van der Waals surface area contributed by atoms with Crippen LogP contribution in [-0.2, 0) is 0 Å². The molecule has 1 nitrogen and oxygen atoms in total. The molecule has 2 N–H and O–H groups in total. The molecule has 1 atom stereocenters. The summed E-state index contributed by atoms with van der Waals surface area (Å²) in [5, 5.41) is 2.03. The summed E-state index contributed by atoms with van der Waals surface area (Å²) >= 11 is 6.65. The average Bonchev–Trinajstić information content (AvgIpc) is 2.51. The lowest BCUT2D eigenvalue weighted by Gasteiger charge is -2.10. The van der Waals surface area contributed by atoms with Crippen molar-refractivity contribution in [2.75, 3.05) is 0 Å². The lowest BCUT2D eigenvalue weighted by molar-refractivity contribution is 0.937. The highest BCUT2D eigenvalue weighted by molar-refractivity contribution is 7.80. The third-order valence-electron chi connectivity index (χ3n) is 1.63. The normalized spacial score (nSPS) is 12.3. The van der Waals surface area contributed by atoms with E-state index in [0.29, 0.717) is 4.99 Å². The monoisotopic (exact) mass is 197 g/mol. The van der Waals surface area contributed by atoms with Crippen LogP contribution in [0.25, 0.3) is 0 Å². The van der Waals surface area contributed by atoms with E-state index in [9.17, 15) is 0 Å². The van der Waals surface area contributed by atoms with Gasteiger partial charge in [0, 0.05) is 10.8 Å². The zero-order valence-corrected chi connectivity index (χ0v) is 8.33. The van der Waals surface area contributed by atoms with Crippen LogP contribution in [0.15, 0.2) is 30.2 Å². The van der Waals surface area contributed by atoms with Gasteiger partial charge in [-0.25, -0.2) is 0 Å². The van der Waals surface area contributed by atoms with Crippen molar-refractivity contribution in [1.29, 1.82) is 0 Å². The van der Waals surface area contributed by atoms with Crippen molar-refractivity contribution in [2.24, 2.45) is 5.73 Å². The topological polar surface area (TPSA) is 26.0 Å². The number of rotatable bonds is 4. The average molecular weight is 197 g/mol. The molecule has 3 heteroatoms. The van der Waals surface area contributed by atoms with Gasteiger partial charge in [-0.1, -0.05) is 24.4 Å². The first kappa shape index (κ1) is 9.42. The number of hydrogen-bond acceptors (Lipinski definition) is 2. The van der Waals surface area contributed by atoms with Crippen LogP contribution in [0, 0.1) is 0 Å². The minimum atomic E-state index is 0.178. The first-order chi connectivity index (χ1) is 5.75. The Morgan fingerprint density at radius 2 is 2.58 bits per heavy atom. The number of hydrogen-bond donors (Lipinski definition) is 1. The Hall–Kier alpha value is -0.670. The molecule has 1 rings (SSSR count). The van der Waals surface area contributed by atoms with E-state index < -0.39 is 0 Å². The van der Waals surface area contributed by atoms with E-state index in [2.05, 4.69) is 12.6 Å². The van der Waals surface area contributed by atoms with E-state index in [4.69, 9.17) is 18.0 Å². The van der Waals surface area contributed by atoms with E-state index in [0.717, 1.165) is 6.42 Å². The maximum absolute atomic E-state index is 5.60. The fourth-order valence-corrected chi connectivity index (χ4v) is 2.19. The summed E-state index contributed by atoms with van der Waals surface area (Å²) < 4.78 is 0. The second-order valence-electron chi connectivity index (χ2n) is 2.49. The Morgan fingerprint density at radius 1 is 1.83 bits per heavy atom. The van der Waals surface area contributed by atoms with Crippen LogP contribution in [0.3, 0.4) is 0 Å². The first-order valence-electron chi connectivity index (χ1n) is 3.69. The van der Waals surface area contributed by atoms with E-state index in [-0.39, 0.29) is 5.92 Å². The quantitative estimate of drug-likeness (QED) is 0.593. The second kappa shape index (κ2) is 4.38. The molecule has 12 heavy (non-hydrogen) atoms. The van der Waals surface area contributed by atoms with Gasteiger partial charge in [-0.15, -0.1) is 17.9 Å². The van der Waals surface area contributed by atoms with Gasteiger partial charge in [0.25, 0.3) is 0 Å². The van der Waals surface area contributed by atoms with Crippen molar-refractivity contribution in [2.45, 2.75) is 12.3 Å².